The summed E-state index contributed by atoms with van der Waals surface area (Å²) in [5, 5.41) is 0.933. The van der Waals surface area contributed by atoms with Gasteiger partial charge in [-0.05, 0) is 24.3 Å². The third-order valence-electron chi connectivity index (χ3n) is 2.35. The second-order valence-electron chi connectivity index (χ2n) is 3.71. The summed E-state index contributed by atoms with van der Waals surface area (Å²) in [5.41, 5.74) is 6.23. The summed E-state index contributed by atoms with van der Waals surface area (Å²) in [7, 11) is 0. The molecular formula is C13H10Cl2FNO. The predicted octanol–water partition coefficient (Wildman–Crippen LogP) is 4.29. The lowest BCUT2D eigenvalue weighted by molar-refractivity contribution is 0.300. The maximum Gasteiger partial charge on any atom is 0.139 e. The Morgan fingerprint density at radius 3 is 2.61 bits per heavy atom. The Balaban J connectivity index is 2.13. The lowest BCUT2D eigenvalue weighted by Gasteiger charge is -2.09. The fourth-order valence-electron chi connectivity index (χ4n) is 1.42. The highest BCUT2D eigenvalue weighted by Crippen LogP contribution is 2.28. The first kappa shape index (κ1) is 13.0. The van der Waals surface area contributed by atoms with Crippen molar-refractivity contribution >= 4 is 28.9 Å². The van der Waals surface area contributed by atoms with Gasteiger partial charge < -0.3 is 10.5 Å². The minimum absolute atomic E-state index is 0.0617. The van der Waals surface area contributed by atoms with Crippen LogP contribution in [0.4, 0.5) is 10.1 Å². The lowest BCUT2D eigenvalue weighted by atomic mass is 10.2. The van der Waals surface area contributed by atoms with Crippen LogP contribution in [0.5, 0.6) is 5.75 Å². The van der Waals surface area contributed by atoms with E-state index in [1.54, 1.807) is 30.3 Å². The van der Waals surface area contributed by atoms with Crippen LogP contribution in [0.2, 0.25) is 10.0 Å². The molecule has 0 saturated heterocycles. The van der Waals surface area contributed by atoms with Gasteiger partial charge in [-0.15, -0.1) is 0 Å². The van der Waals surface area contributed by atoms with E-state index in [1.165, 1.54) is 6.07 Å². The number of benzene rings is 2. The first-order valence-corrected chi connectivity index (χ1v) is 5.93. The molecule has 0 aliphatic heterocycles. The zero-order valence-electron chi connectivity index (χ0n) is 9.29. The highest BCUT2D eigenvalue weighted by Gasteiger charge is 2.06. The molecule has 2 aromatic carbocycles. The zero-order chi connectivity index (χ0) is 13.1. The van der Waals surface area contributed by atoms with E-state index in [0.717, 1.165) is 0 Å². The van der Waals surface area contributed by atoms with E-state index in [2.05, 4.69) is 0 Å². The summed E-state index contributed by atoms with van der Waals surface area (Å²) in [6, 6.07) is 9.29. The predicted molar refractivity (Wildman–Crippen MR) is 71.6 cm³/mol. The molecule has 0 saturated carbocycles. The molecule has 2 aromatic rings. The molecule has 2 N–H and O–H groups in total. The van der Waals surface area contributed by atoms with Gasteiger partial charge in [-0.2, -0.15) is 0 Å². The van der Waals surface area contributed by atoms with Gasteiger partial charge in [0.05, 0.1) is 5.02 Å². The standard InChI is InChI=1S/C13H10Cl2FNO/c14-9-2-4-11(15)13(5-9)18-7-8-1-3-10(17)6-12(8)16/h1-6H,7,17H2. The van der Waals surface area contributed by atoms with Gasteiger partial charge in [-0.25, -0.2) is 4.39 Å². The molecule has 5 heteroatoms. The highest BCUT2D eigenvalue weighted by molar-refractivity contribution is 6.34. The molecule has 0 aliphatic carbocycles. The average Bonchev–Trinajstić information content (AvgIpc) is 2.32. The van der Waals surface area contributed by atoms with Gasteiger partial charge in [0.2, 0.25) is 0 Å². The molecule has 0 heterocycles. The monoisotopic (exact) mass is 285 g/mol. The molecule has 0 amide bonds. The van der Waals surface area contributed by atoms with Crippen LogP contribution in [-0.4, -0.2) is 0 Å². The van der Waals surface area contributed by atoms with Gasteiger partial charge in [0.15, 0.2) is 0 Å². The maximum atomic E-state index is 13.5. The second kappa shape index (κ2) is 5.46. The molecule has 0 radical (unpaired) electrons. The number of ether oxygens (including phenoxy) is 1. The van der Waals surface area contributed by atoms with E-state index in [1.807, 2.05) is 0 Å². The minimum atomic E-state index is -0.409. The Hall–Kier alpha value is -1.45. The number of nitrogens with two attached hydrogens (primary N) is 1. The summed E-state index contributed by atoms with van der Waals surface area (Å²) in [4.78, 5) is 0. The van der Waals surface area contributed by atoms with Crippen molar-refractivity contribution < 1.29 is 9.13 Å². The molecule has 0 fully saturated rings. The van der Waals surface area contributed by atoms with Crippen molar-refractivity contribution in [1.29, 1.82) is 0 Å². The zero-order valence-corrected chi connectivity index (χ0v) is 10.8. The first-order valence-electron chi connectivity index (χ1n) is 5.18. The number of rotatable bonds is 3. The Morgan fingerprint density at radius 1 is 1.11 bits per heavy atom. The van der Waals surface area contributed by atoms with Crippen LogP contribution < -0.4 is 10.5 Å². The summed E-state index contributed by atoms with van der Waals surface area (Å²) in [6.07, 6.45) is 0. The third kappa shape index (κ3) is 3.06. The van der Waals surface area contributed by atoms with E-state index in [0.29, 0.717) is 27.0 Å². The first-order chi connectivity index (χ1) is 8.56. The molecule has 0 aromatic heterocycles. The summed E-state index contributed by atoms with van der Waals surface area (Å²) >= 11 is 11.8. The molecule has 2 rings (SSSR count). The van der Waals surface area contributed by atoms with Crippen molar-refractivity contribution in [1.82, 2.24) is 0 Å². The highest BCUT2D eigenvalue weighted by atomic mass is 35.5. The second-order valence-corrected chi connectivity index (χ2v) is 4.56. The largest absolute Gasteiger partial charge is 0.487 e. The fourth-order valence-corrected chi connectivity index (χ4v) is 1.76. The normalized spacial score (nSPS) is 10.4. The van der Waals surface area contributed by atoms with Gasteiger partial charge in [0, 0.05) is 22.3 Å². The quantitative estimate of drug-likeness (QED) is 0.854. The fraction of sp³-hybridized carbons (Fsp3) is 0.0769. The van der Waals surface area contributed by atoms with Gasteiger partial charge in [-0.3, -0.25) is 0 Å². The number of anilines is 1. The molecule has 0 unspecified atom stereocenters. The van der Waals surface area contributed by atoms with Gasteiger partial charge in [0.1, 0.15) is 18.2 Å². The third-order valence-corrected chi connectivity index (χ3v) is 2.90. The van der Waals surface area contributed by atoms with Crippen LogP contribution in [-0.2, 0) is 6.61 Å². The van der Waals surface area contributed by atoms with Crippen LogP contribution in [0.15, 0.2) is 36.4 Å². The lowest BCUT2D eigenvalue weighted by Crippen LogP contribution is -2.00. The van der Waals surface area contributed by atoms with Crippen molar-refractivity contribution in [2.45, 2.75) is 6.61 Å². The average molecular weight is 286 g/mol. The Bertz CT molecular complexity index is 575. The van der Waals surface area contributed by atoms with Crippen LogP contribution >= 0.6 is 23.2 Å². The number of halogens is 3. The molecular weight excluding hydrogens is 276 g/mol. The number of nitrogen functional groups attached to an aromatic ring is 1. The van der Waals surface area contributed by atoms with Crippen molar-refractivity contribution in [2.24, 2.45) is 0 Å². The van der Waals surface area contributed by atoms with Crippen molar-refractivity contribution in [3.63, 3.8) is 0 Å². The smallest absolute Gasteiger partial charge is 0.139 e. The van der Waals surface area contributed by atoms with E-state index < -0.39 is 5.82 Å². The SMILES string of the molecule is Nc1ccc(COc2cc(Cl)ccc2Cl)c(F)c1. The van der Waals surface area contributed by atoms with Crippen LogP contribution in [0.3, 0.4) is 0 Å². The topological polar surface area (TPSA) is 35.2 Å². The van der Waals surface area contributed by atoms with E-state index in [-0.39, 0.29) is 6.61 Å². The molecule has 0 spiro atoms. The molecule has 94 valence electrons. The van der Waals surface area contributed by atoms with Crippen molar-refractivity contribution in [2.75, 3.05) is 5.73 Å². The van der Waals surface area contributed by atoms with Gasteiger partial charge >= 0.3 is 0 Å². The Morgan fingerprint density at radius 2 is 1.89 bits per heavy atom. The van der Waals surface area contributed by atoms with Crippen LogP contribution in [0.25, 0.3) is 0 Å². The van der Waals surface area contributed by atoms with E-state index in [9.17, 15) is 4.39 Å². The summed E-state index contributed by atoms with van der Waals surface area (Å²) < 4.78 is 18.9. The van der Waals surface area contributed by atoms with E-state index in [4.69, 9.17) is 33.7 Å². The minimum Gasteiger partial charge on any atom is -0.487 e. The Labute approximate surface area is 114 Å². The van der Waals surface area contributed by atoms with E-state index >= 15 is 0 Å². The van der Waals surface area contributed by atoms with Gasteiger partial charge in [0.25, 0.3) is 0 Å². The maximum absolute atomic E-state index is 13.5. The molecule has 0 aliphatic rings. The molecule has 0 bridgehead atoms. The molecule has 18 heavy (non-hydrogen) atoms. The molecule has 2 nitrogen and oxygen atoms in total. The van der Waals surface area contributed by atoms with Gasteiger partial charge in [-0.1, -0.05) is 29.3 Å². The van der Waals surface area contributed by atoms with Crippen molar-refractivity contribution in [3.8, 4) is 5.75 Å². The van der Waals surface area contributed by atoms with Crippen molar-refractivity contribution in [3.05, 3.63) is 57.8 Å². The Kier molecular flexibility index (Phi) is 3.94. The van der Waals surface area contributed by atoms with Crippen LogP contribution in [0, 0.1) is 5.82 Å². The summed E-state index contributed by atoms with van der Waals surface area (Å²) in [5.74, 6) is 0.00791. The molecule has 0 atom stereocenters. The number of hydrogen-bond acceptors (Lipinski definition) is 2. The number of hydrogen-bond donors (Lipinski definition) is 1. The summed E-state index contributed by atoms with van der Waals surface area (Å²) in [6.45, 7) is 0.0617. The van der Waals surface area contributed by atoms with Crippen LogP contribution in [0.1, 0.15) is 5.56 Å².